The maximum absolute atomic E-state index is 4.40. The lowest BCUT2D eigenvalue weighted by atomic mass is 9.89. The first-order chi connectivity index (χ1) is 8.36. The Morgan fingerprint density at radius 1 is 1.41 bits per heavy atom. The topological polar surface area (TPSA) is 53.6 Å². The van der Waals surface area contributed by atoms with Crippen LogP contribution in [-0.4, -0.2) is 28.0 Å². The molecule has 3 heterocycles. The average molecular weight is 228 g/mol. The molecule has 0 saturated carbocycles. The van der Waals surface area contributed by atoms with Gasteiger partial charge in [0.05, 0.1) is 5.69 Å². The minimum atomic E-state index is 0.497. The van der Waals surface area contributed by atoms with Gasteiger partial charge in [0, 0.05) is 18.1 Å². The van der Waals surface area contributed by atoms with Crippen LogP contribution in [0, 0.1) is 5.92 Å². The van der Waals surface area contributed by atoms with Gasteiger partial charge in [-0.05, 0) is 36.9 Å². The molecule has 1 atom stereocenters. The average Bonchev–Trinajstić information content (AvgIpc) is 2.87. The number of aromatic nitrogens is 3. The van der Waals surface area contributed by atoms with Gasteiger partial charge in [-0.25, -0.2) is 9.97 Å². The molecule has 2 aromatic heterocycles. The summed E-state index contributed by atoms with van der Waals surface area (Å²) in [6.07, 6.45) is 5.91. The van der Waals surface area contributed by atoms with E-state index in [1.54, 1.807) is 6.33 Å². The molecule has 0 amide bonds. The number of fused-ring (bicyclic) bond motifs is 1. The van der Waals surface area contributed by atoms with Crippen molar-refractivity contribution in [3.8, 4) is 0 Å². The Morgan fingerprint density at radius 2 is 2.35 bits per heavy atom. The fraction of sp³-hybridized carbons (Fsp3) is 0.385. The highest BCUT2D eigenvalue weighted by Crippen LogP contribution is 2.29. The fourth-order valence-corrected chi connectivity index (χ4v) is 2.47. The van der Waals surface area contributed by atoms with E-state index in [0.717, 1.165) is 35.4 Å². The van der Waals surface area contributed by atoms with Crippen molar-refractivity contribution in [2.75, 3.05) is 13.1 Å². The van der Waals surface area contributed by atoms with Gasteiger partial charge in [-0.3, -0.25) is 0 Å². The van der Waals surface area contributed by atoms with Crippen LogP contribution in [0.2, 0.25) is 0 Å². The van der Waals surface area contributed by atoms with Gasteiger partial charge < -0.3 is 10.3 Å². The van der Waals surface area contributed by atoms with E-state index in [1.165, 1.54) is 12.8 Å². The molecule has 2 N–H and O–H groups in total. The van der Waals surface area contributed by atoms with Crippen molar-refractivity contribution in [2.45, 2.75) is 12.8 Å². The zero-order chi connectivity index (χ0) is 11.7. The van der Waals surface area contributed by atoms with Gasteiger partial charge in [-0.2, -0.15) is 0 Å². The third kappa shape index (κ3) is 1.85. The van der Waals surface area contributed by atoms with Crippen LogP contribution >= 0.6 is 0 Å². The molecule has 1 aliphatic rings. The lowest BCUT2D eigenvalue weighted by molar-refractivity contribution is 0.448. The van der Waals surface area contributed by atoms with E-state index in [2.05, 4.69) is 26.8 Å². The van der Waals surface area contributed by atoms with E-state index < -0.39 is 0 Å². The maximum atomic E-state index is 4.40. The van der Waals surface area contributed by atoms with Crippen LogP contribution in [0.1, 0.15) is 18.5 Å². The Morgan fingerprint density at radius 3 is 3.18 bits per heavy atom. The standard InChI is InChI=1S/C13H16N4/c1-9(10-3-2-5-14-7-10)12-11-4-6-15-13(11)17-8-16-12/h4,6,8,10,14H,1-3,5,7H2,(H,15,16,17). The van der Waals surface area contributed by atoms with Crippen LogP contribution in [0.3, 0.4) is 0 Å². The van der Waals surface area contributed by atoms with Gasteiger partial charge in [0.25, 0.3) is 0 Å². The van der Waals surface area contributed by atoms with Gasteiger partial charge in [0.2, 0.25) is 0 Å². The van der Waals surface area contributed by atoms with Crippen molar-refractivity contribution in [3.05, 3.63) is 30.9 Å². The minimum absolute atomic E-state index is 0.497. The van der Waals surface area contributed by atoms with Gasteiger partial charge in [0.15, 0.2) is 0 Å². The molecule has 1 fully saturated rings. The summed E-state index contributed by atoms with van der Waals surface area (Å²) in [5.41, 5.74) is 3.01. The summed E-state index contributed by atoms with van der Waals surface area (Å²) in [5, 5.41) is 4.49. The lowest BCUT2D eigenvalue weighted by Crippen LogP contribution is -2.30. The van der Waals surface area contributed by atoms with Crippen molar-refractivity contribution < 1.29 is 0 Å². The number of piperidine rings is 1. The van der Waals surface area contributed by atoms with Crippen LogP contribution < -0.4 is 5.32 Å². The second-order valence-corrected chi connectivity index (χ2v) is 4.53. The molecule has 1 saturated heterocycles. The highest BCUT2D eigenvalue weighted by atomic mass is 14.9. The quantitative estimate of drug-likeness (QED) is 0.826. The fourth-order valence-electron chi connectivity index (χ4n) is 2.47. The van der Waals surface area contributed by atoms with E-state index in [1.807, 2.05) is 12.3 Å². The molecular formula is C13H16N4. The van der Waals surface area contributed by atoms with Crippen molar-refractivity contribution in [2.24, 2.45) is 5.92 Å². The number of rotatable bonds is 2. The Bertz CT molecular complexity index is 537. The molecule has 4 nitrogen and oxygen atoms in total. The second kappa shape index (κ2) is 4.30. The first-order valence-corrected chi connectivity index (χ1v) is 6.04. The molecule has 2 aromatic rings. The molecule has 0 radical (unpaired) electrons. The highest BCUT2D eigenvalue weighted by molar-refractivity contribution is 5.87. The Balaban J connectivity index is 1.97. The molecule has 88 valence electrons. The first-order valence-electron chi connectivity index (χ1n) is 6.04. The van der Waals surface area contributed by atoms with Gasteiger partial charge in [0.1, 0.15) is 12.0 Å². The third-order valence-electron chi connectivity index (χ3n) is 3.45. The van der Waals surface area contributed by atoms with E-state index in [4.69, 9.17) is 0 Å². The first kappa shape index (κ1) is 10.5. The van der Waals surface area contributed by atoms with Gasteiger partial charge in [-0.1, -0.05) is 6.58 Å². The van der Waals surface area contributed by atoms with Crippen molar-refractivity contribution >= 4 is 16.6 Å². The molecule has 4 heteroatoms. The van der Waals surface area contributed by atoms with E-state index >= 15 is 0 Å². The van der Waals surface area contributed by atoms with Crippen molar-refractivity contribution in [1.82, 2.24) is 20.3 Å². The summed E-state index contributed by atoms with van der Waals surface area (Å²) >= 11 is 0. The van der Waals surface area contributed by atoms with Gasteiger partial charge >= 0.3 is 0 Å². The van der Waals surface area contributed by atoms with Crippen LogP contribution in [0.4, 0.5) is 0 Å². The van der Waals surface area contributed by atoms with E-state index in [0.29, 0.717) is 5.92 Å². The predicted molar refractivity (Wildman–Crippen MR) is 68.5 cm³/mol. The lowest BCUT2D eigenvalue weighted by Gasteiger charge is -2.24. The Labute approximate surface area is 100 Å². The van der Waals surface area contributed by atoms with Crippen molar-refractivity contribution in [1.29, 1.82) is 0 Å². The molecule has 0 bridgehead atoms. The number of nitrogens with one attached hydrogen (secondary N) is 2. The zero-order valence-corrected chi connectivity index (χ0v) is 9.74. The van der Waals surface area contributed by atoms with Gasteiger partial charge in [-0.15, -0.1) is 0 Å². The molecule has 3 rings (SSSR count). The molecule has 1 unspecified atom stereocenters. The summed E-state index contributed by atoms with van der Waals surface area (Å²) in [6.45, 7) is 6.36. The highest BCUT2D eigenvalue weighted by Gasteiger charge is 2.19. The third-order valence-corrected chi connectivity index (χ3v) is 3.45. The SMILES string of the molecule is C=C(c1ncnc2[nH]ccc12)C1CCCNC1. The maximum Gasteiger partial charge on any atom is 0.141 e. The number of H-pyrrole nitrogens is 1. The normalized spacial score (nSPS) is 20.6. The number of hydrogen-bond donors (Lipinski definition) is 2. The smallest absolute Gasteiger partial charge is 0.141 e. The van der Waals surface area contributed by atoms with Crippen LogP contribution in [0.5, 0.6) is 0 Å². The van der Waals surface area contributed by atoms with Crippen LogP contribution in [-0.2, 0) is 0 Å². The molecule has 17 heavy (non-hydrogen) atoms. The summed E-state index contributed by atoms with van der Waals surface area (Å²) in [7, 11) is 0. The Hall–Kier alpha value is -1.68. The van der Waals surface area contributed by atoms with E-state index in [9.17, 15) is 0 Å². The second-order valence-electron chi connectivity index (χ2n) is 4.53. The number of hydrogen-bond acceptors (Lipinski definition) is 3. The monoisotopic (exact) mass is 228 g/mol. The zero-order valence-electron chi connectivity index (χ0n) is 9.74. The summed E-state index contributed by atoms with van der Waals surface area (Å²) in [5.74, 6) is 0.497. The largest absolute Gasteiger partial charge is 0.346 e. The number of aromatic amines is 1. The predicted octanol–water partition coefficient (Wildman–Crippen LogP) is 1.97. The molecule has 0 aromatic carbocycles. The Kier molecular flexibility index (Phi) is 2.65. The van der Waals surface area contributed by atoms with Crippen LogP contribution in [0.15, 0.2) is 25.2 Å². The van der Waals surface area contributed by atoms with E-state index in [-0.39, 0.29) is 0 Å². The number of nitrogens with zero attached hydrogens (tertiary/aromatic N) is 2. The molecule has 0 spiro atoms. The molecule has 1 aliphatic heterocycles. The summed E-state index contributed by atoms with van der Waals surface area (Å²) in [4.78, 5) is 11.7. The van der Waals surface area contributed by atoms with Crippen molar-refractivity contribution in [3.63, 3.8) is 0 Å². The molecular weight excluding hydrogens is 212 g/mol. The minimum Gasteiger partial charge on any atom is -0.346 e. The molecule has 0 aliphatic carbocycles. The van der Waals surface area contributed by atoms with Crippen LogP contribution in [0.25, 0.3) is 16.6 Å². The summed E-state index contributed by atoms with van der Waals surface area (Å²) < 4.78 is 0. The summed E-state index contributed by atoms with van der Waals surface area (Å²) in [6, 6.07) is 2.02.